The topological polar surface area (TPSA) is 59.8 Å². The number of aryl methyl sites for hydroxylation is 1. The SMILES string of the molecule is CC(C)Cc1cc(C(=O)N[C@@H](c2ccncc2)c2ccc(F)cc2)n(C)n1. The lowest BCUT2D eigenvalue weighted by molar-refractivity contribution is 0.0933. The first-order valence-electron chi connectivity index (χ1n) is 8.93. The highest BCUT2D eigenvalue weighted by molar-refractivity contribution is 5.93. The molecule has 1 amide bonds. The first-order valence-corrected chi connectivity index (χ1v) is 8.93. The van der Waals surface area contributed by atoms with E-state index in [1.807, 2.05) is 18.2 Å². The van der Waals surface area contributed by atoms with Gasteiger partial charge in [-0.2, -0.15) is 5.10 Å². The van der Waals surface area contributed by atoms with E-state index in [4.69, 9.17) is 0 Å². The highest BCUT2D eigenvalue weighted by Gasteiger charge is 2.21. The number of benzene rings is 1. The molecule has 1 aromatic carbocycles. The van der Waals surface area contributed by atoms with Gasteiger partial charge >= 0.3 is 0 Å². The van der Waals surface area contributed by atoms with Crippen LogP contribution in [0.5, 0.6) is 0 Å². The van der Waals surface area contributed by atoms with Crippen LogP contribution in [-0.2, 0) is 13.5 Å². The van der Waals surface area contributed by atoms with E-state index in [0.29, 0.717) is 11.6 Å². The third-order valence-corrected chi connectivity index (χ3v) is 4.30. The number of pyridine rings is 1. The minimum Gasteiger partial charge on any atom is -0.340 e. The Labute approximate surface area is 158 Å². The van der Waals surface area contributed by atoms with Gasteiger partial charge in [-0.3, -0.25) is 14.5 Å². The normalized spacial score (nSPS) is 12.2. The van der Waals surface area contributed by atoms with E-state index in [2.05, 4.69) is 29.2 Å². The number of nitrogens with one attached hydrogen (secondary N) is 1. The summed E-state index contributed by atoms with van der Waals surface area (Å²) < 4.78 is 14.9. The molecule has 0 unspecified atom stereocenters. The Morgan fingerprint density at radius 1 is 1.11 bits per heavy atom. The fraction of sp³-hybridized carbons (Fsp3) is 0.286. The molecule has 0 bridgehead atoms. The van der Waals surface area contributed by atoms with E-state index < -0.39 is 6.04 Å². The average Bonchev–Trinajstić information content (AvgIpc) is 3.00. The maximum absolute atomic E-state index is 13.3. The van der Waals surface area contributed by atoms with Crippen molar-refractivity contribution in [2.24, 2.45) is 13.0 Å². The number of carbonyl (C=O) groups excluding carboxylic acids is 1. The minimum absolute atomic E-state index is 0.230. The predicted molar refractivity (Wildman–Crippen MR) is 102 cm³/mol. The van der Waals surface area contributed by atoms with Crippen LogP contribution in [0, 0.1) is 11.7 Å². The summed E-state index contributed by atoms with van der Waals surface area (Å²) in [4.78, 5) is 17.0. The molecular formula is C21H23FN4O. The van der Waals surface area contributed by atoms with Gasteiger partial charge in [0.2, 0.25) is 0 Å². The van der Waals surface area contributed by atoms with E-state index in [1.54, 1.807) is 36.3 Å². The van der Waals surface area contributed by atoms with Crippen LogP contribution in [-0.4, -0.2) is 20.7 Å². The molecule has 1 N–H and O–H groups in total. The lowest BCUT2D eigenvalue weighted by Gasteiger charge is -2.19. The number of amides is 1. The summed E-state index contributed by atoms with van der Waals surface area (Å²) in [7, 11) is 1.76. The summed E-state index contributed by atoms with van der Waals surface area (Å²) in [5.41, 5.74) is 3.04. The van der Waals surface area contributed by atoms with Crippen molar-refractivity contribution in [1.82, 2.24) is 20.1 Å². The number of rotatable bonds is 6. The van der Waals surface area contributed by atoms with Crippen molar-refractivity contribution in [3.8, 4) is 0 Å². The van der Waals surface area contributed by atoms with Crippen LogP contribution in [0.25, 0.3) is 0 Å². The molecule has 0 aliphatic heterocycles. The number of hydrogen-bond acceptors (Lipinski definition) is 3. The largest absolute Gasteiger partial charge is 0.340 e. The van der Waals surface area contributed by atoms with Crippen LogP contribution in [0.2, 0.25) is 0 Å². The molecule has 2 aromatic heterocycles. The zero-order valence-corrected chi connectivity index (χ0v) is 15.7. The van der Waals surface area contributed by atoms with E-state index in [-0.39, 0.29) is 11.7 Å². The highest BCUT2D eigenvalue weighted by Crippen LogP contribution is 2.22. The van der Waals surface area contributed by atoms with Crippen LogP contribution < -0.4 is 5.32 Å². The molecule has 5 nitrogen and oxygen atoms in total. The molecule has 0 fully saturated rings. The van der Waals surface area contributed by atoms with Gasteiger partial charge in [0.05, 0.1) is 11.7 Å². The summed E-state index contributed by atoms with van der Waals surface area (Å²) in [5, 5.41) is 7.48. The second kappa shape index (κ2) is 8.12. The lowest BCUT2D eigenvalue weighted by Crippen LogP contribution is -2.30. The van der Waals surface area contributed by atoms with Crippen molar-refractivity contribution in [2.75, 3.05) is 0 Å². The fourth-order valence-corrected chi connectivity index (χ4v) is 3.03. The molecular weight excluding hydrogens is 343 g/mol. The Hall–Kier alpha value is -3.02. The molecule has 0 spiro atoms. The molecule has 27 heavy (non-hydrogen) atoms. The van der Waals surface area contributed by atoms with E-state index in [1.165, 1.54) is 12.1 Å². The Kier molecular flexibility index (Phi) is 5.64. The van der Waals surface area contributed by atoms with Crippen molar-refractivity contribution in [2.45, 2.75) is 26.3 Å². The standard InChI is InChI=1S/C21H23FN4O/c1-14(2)12-18-13-19(26(3)25-18)21(27)24-20(16-8-10-23-11-9-16)15-4-6-17(22)7-5-15/h4-11,13-14,20H,12H2,1-3H3,(H,24,27)/t20-/m1/s1. The molecule has 0 aliphatic carbocycles. The van der Waals surface area contributed by atoms with Gasteiger partial charge in [-0.05, 0) is 53.8 Å². The smallest absolute Gasteiger partial charge is 0.270 e. The van der Waals surface area contributed by atoms with Crippen molar-refractivity contribution >= 4 is 5.91 Å². The fourth-order valence-electron chi connectivity index (χ4n) is 3.03. The van der Waals surface area contributed by atoms with Crippen molar-refractivity contribution in [1.29, 1.82) is 0 Å². The van der Waals surface area contributed by atoms with Crippen LogP contribution in [0.1, 0.15) is 47.2 Å². The summed E-state index contributed by atoms with van der Waals surface area (Å²) in [6, 6.07) is 11.2. The van der Waals surface area contributed by atoms with Gasteiger partial charge < -0.3 is 5.32 Å². The summed E-state index contributed by atoms with van der Waals surface area (Å²) >= 11 is 0. The lowest BCUT2D eigenvalue weighted by atomic mass is 9.99. The molecule has 3 aromatic rings. The van der Waals surface area contributed by atoms with Crippen molar-refractivity contribution in [3.63, 3.8) is 0 Å². The number of carbonyl (C=O) groups is 1. The van der Waals surface area contributed by atoms with Crippen LogP contribution in [0.3, 0.4) is 0 Å². The maximum Gasteiger partial charge on any atom is 0.270 e. The summed E-state index contributed by atoms with van der Waals surface area (Å²) in [5.74, 6) is -0.0887. The van der Waals surface area contributed by atoms with Gasteiger partial charge in [-0.1, -0.05) is 26.0 Å². The molecule has 6 heteroatoms. The van der Waals surface area contributed by atoms with Gasteiger partial charge in [0.25, 0.3) is 5.91 Å². The second-order valence-electron chi connectivity index (χ2n) is 6.98. The average molecular weight is 366 g/mol. The molecule has 140 valence electrons. The molecule has 3 rings (SSSR count). The van der Waals surface area contributed by atoms with E-state index in [0.717, 1.165) is 23.2 Å². The molecule has 0 saturated carbocycles. The summed E-state index contributed by atoms with van der Waals surface area (Å²) in [6.45, 7) is 4.23. The maximum atomic E-state index is 13.3. The Bertz CT molecular complexity index is 904. The number of nitrogens with zero attached hydrogens (tertiary/aromatic N) is 3. The Morgan fingerprint density at radius 3 is 2.37 bits per heavy atom. The van der Waals surface area contributed by atoms with Crippen LogP contribution in [0.15, 0.2) is 54.9 Å². The zero-order chi connectivity index (χ0) is 19.4. The molecule has 0 radical (unpaired) electrons. The van der Waals surface area contributed by atoms with E-state index in [9.17, 15) is 9.18 Å². The van der Waals surface area contributed by atoms with Gasteiger partial charge in [-0.15, -0.1) is 0 Å². The van der Waals surface area contributed by atoms with Gasteiger partial charge in [0, 0.05) is 19.4 Å². The van der Waals surface area contributed by atoms with Gasteiger partial charge in [-0.25, -0.2) is 4.39 Å². The first-order chi connectivity index (χ1) is 12.9. The quantitative estimate of drug-likeness (QED) is 0.724. The number of hydrogen-bond donors (Lipinski definition) is 1. The number of aromatic nitrogens is 3. The number of halogens is 1. The second-order valence-corrected chi connectivity index (χ2v) is 6.98. The molecule has 1 atom stereocenters. The monoisotopic (exact) mass is 366 g/mol. The third-order valence-electron chi connectivity index (χ3n) is 4.30. The Balaban J connectivity index is 1.89. The van der Waals surface area contributed by atoms with Crippen LogP contribution >= 0.6 is 0 Å². The molecule has 2 heterocycles. The minimum atomic E-state index is -0.412. The van der Waals surface area contributed by atoms with Crippen molar-refractivity contribution in [3.05, 3.63) is 83.2 Å². The van der Waals surface area contributed by atoms with E-state index >= 15 is 0 Å². The van der Waals surface area contributed by atoms with Gasteiger partial charge in [0.1, 0.15) is 11.5 Å². The first kappa shape index (κ1) is 18.8. The zero-order valence-electron chi connectivity index (χ0n) is 15.7. The Morgan fingerprint density at radius 2 is 1.74 bits per heavy atom. The molecule has 0 saturated heterocycles. The summed E-state index contributed by atoms with van der Waals surface area (Å²) in [6.07, 6.45) is 4.15. The van der Waals surface area contributed by atoms with Gasteiger partial charge in [0.15, 0.2) is 0 Å². The highest BCUT2D eigenvalue weighted by atomic mass is 19.1. The third kappa shape index (κ3) is 4.58. The molecule has 0 aliphatic rings. The predicted octanol–water partition coefficient (Wildman–Crippen LogP) is 3.67. The van der Waals surface area contributed by atoms with Crippen molar-refractivity contribution < 1.29 is 9.18 Å². The van der Waals surface area contributed by atoms with Crippen LogP contribution in [0.4, 0.5) is 4.39 Å².